The molecular weight excluding hydrogens is 315 g/mol. The molecule has 0 aliphatic rings. The zero-order chi connectivity index (χ0) is 16.9. The van der Waals surface area contributed by atoms with Gasteiger partial charge in [-0.25, -0.2) is 9.97 Å². The highest BCUT2D eigenvalue weighted by molar-refractivity contribution is 5.94. The summed E-state index contributed by atoms with van der Waals surface area (Å²) in [7, 11) is 0. The fourth-order valence-electron chi connectivity index (χ4n) is 1.65. The third-order valence-electron chi connectivity index (χ3n) is 2.58. The van der Waals surface area contributed by atoms with Crippen molar-refractivity contribution in [3.05, 3.63) is 48.0 Å². The second kappa shape index (κ2) is 6.95. The Hall–Kier alpha value is -2.84. The summed E-state index contributed by atoms with van der Waals surface area (Å²) in [5.41, 5.74) is -0.0434. The first-order chi connectivity index (χ1) is 10.8. The van der Waals surface area contributed by atoms with Crippen molar-refractivity contribution in [3.8, 4) is 11.5 Å². The van der Waals surface area contributed by atoms with Crippen LogP contribution in [-0.2, 0) is 6.54 Å². The zero-order valence-corrected chi connectivity index (χ0v) is 11.7. The minimum atomic E-state index is -4.52. The molecule has 0 atom stereocenters. The van der Waals surface area contributed by atoms with Gasteiger partial charge in [-0.05, 0) is 18.2 Å². The van der Waals surface area contributed by atoms with E-state index in [4.69, 9.17) is 0 Å². The van der Waals surface area contributed by atoms with Gasteiger partial charge in [-0.2, -0.15) is 13.2 Å². The average Bonchev–Trinajstić information content (AvgIpc) is 2.50. The summed E-state index contributed by atoms with van der Waals surface area (Å²) < 4.78 is 40.9. The first-order valence-electron chi connectivity index (χ1n) is 6.41. The SMILES string of the molecule is O=C(NCc1ncccn1)c1cc(O)cc(OCC(F)(F)F)c1. The molecular formula is C14H12F3N3O3. The molecule has 23 heavy (non-hydrogen) atoms. The molecule has 0 aliphatic heterocycles. The molecule has 0 unspecified atom stereocenters. The third kappa shape index (κ3) is 5.46. The number of rotatable bonds is 5. The van der Waals surface area contributed by atoms with Crippen molar-refractivity contribution < 1.29 is 27.8 Å². The van der Waals surface area contributed by atoms with E-state index < -0.39 is 18.7 Å². The van der Waals surface area contributed by atoms with E-state index in [1.165, 1.54) is 12.4 Å². The number of hydrogen-bond acceptors (Lipinski definition) is 5. The van der Waals surface area contributed by atoms with Crippen LogP contribution in [0.15, 0.2) is 36.7 Å². The van der Waals surface area contributed by atoms with E-state index >= 15 is 0 Å². The fourth-order valence-corrected chi connectivity index (χ4v) is 1.65. The summed E-state index contributed by atoms with van der Waals surface area (Å²) in [5, 5.41) is 12.0. The highest BCUT2D eigenvalue weighted by Crippen LogP contribution is 2.24. The normalized spacial score (nSPS) is 11.1. The number of phenolic OH excluding ortho intramolecular Hbond substituents is 1. The fraction of sp³-hybridized carbons (Fsp3) is 0.214. The summed E-state index contributed by atoms with van der Waals surface area (Å²) in [6.07, 6.45) is -1.50. The molecule has 1 amide bonds. The summed E-state index contributed by atoms with van der Waals surface area (Å²) in [5.74, 6) is -0.881. The van der Waals surface area contributed by atoms with Gasteiger partial charge in [0.1, 0.15) is 17.3 Å². The number of hydrogen-bond donors (Lipinski definition) is 2. The smallest absolute Gasteiger partial charge is 0.422 e. The molecule has 9 heteroatoms. The average molecular weight is 327 g/mol. The lowest BCUT2D eigenvalue weighted by Crippen LogP contribution is -2.24. The van der Waals surface area contributed by atoms with Crippen LogP contribution >= 0.6 is 0 Å². The Morgan fingerprint density at radius 2 is 1.91 bits per heavy atom. The number of nitrogens with zero attached hydrogens (tertiary/aromatic N) is 2. The maximum Gasteiger partial charge on any atom is 0.422 e. The van der Waals surface area contributed by atoms with Gasteiger partial charge in [-0.3, -0.25) is 4.79 Å². The van der Waals surface area contributed by atoms with E-state index in [2.05, 4.69) is 20.0 Å². The maximum atomic E-state index is 12.1. The number of amides is 1. The van der Waals surface area contributed by atoms with Crippen molar-refractivity contribution in [2.45, 2.75) is 12.7 Å². The molecule has 2 N–H and O–H groups in total. The Labute approximate surface area is 129 Å². The number of halogens is 3. The van der Waals surface area contributed by atoms with E-state index in [0.29, 0.717) is 5.82 Å². The Bertz CT molecular complexity index is 678. The van der Waals surface area contributed by atoms with E-state index in [-0.39, 0.29) is 23.6 Å². The molecule has 1 heterocycles. The third-order valence-corrected chi connectivity index (χ3v) is 2.58. The van der Waals surface area contributed by atoms with E-state index in [9.17, 15) is 23.1 Å². The molecule has 0 bridgehead atoms. The largest absolute Gasteiger partial charge is 0.508 e. The topological polar surface area (TPSA) is 84.3 Å². The van der Waals surface area contributed by atoms with Crippen LogP contribution in [0, 0.1) is 0 Å². The number of carbonyl (C=O) groups is 1. The van der Waals surface area contributed by atoms with Crippen molar-refractivity contribution in [2.24, 2.45) is 0 Å². The molecule has 0 saturated carbocycles. The van der Waals surface area contributed by atoms with Gasteiger partial charge in [0.05, 0.1) is 6.54 Å². The van der Waals surface area contributed by atoms with E-state index in [1.54, 1.807) is 6.07 Å². The number of ether oxygens (including phenoxy) is 1. The molecule has 0 fully saturated rings. The van der Waals surface area contributed by atoms with Crippen molar-refractivity contribution in [1.29, 1.82) is 0 Å². The first-order valence-corrected chi connectivity index (χ1v) is 6.41. The Morgan fingerprint density at radius 1 is 1.22 bits per heavy atom. The lowest BCUT2D eigenvalue weighted by atomic mass is 10.2. The molecule has 122 valence electrons. The lowest BCUT2D eigenvalue weighted by Gasteiger charge is -2.11. The second-order valence-corrected chi connectivity index (χ2v) is 4.47. The van der Waals surface area contributed by atoms with Crippen molar-refractivity contribution in [2.75, 3.05) is 6.61 Å². The molecule has 1 aromatic heterocycles. The molecule has 0 spiro atoms. The van der Waals surface area contributed by atoms with Gasteiger partial charge in [0, 0.05) is 24.0 Å². The number of benzene rings is 1. The predicted molar refractivity (Wildman–Crippen MR) is 72.9 cm³/mol. The van der Waals surface area contributed by atoms with Crippen LogP contribution in [-0.4, -0.2) is 33.8 Å². The summed E-state index contributed by atoms with van der Waals surface area (Å²) in [4.78, 5) is 19.8. The van der Waals surface area contributed by atoms with Crippen LogP contribution in [0.25, 0.3) is 0 Å². The second-order valence-electron chi connectivity index (χ2n) is 4.47. The maximum absolute atomic E-state index is 12.1. The Balaban J connectivity index is 2.03. The Kier molecular flexibility index (Phi) is 4.99. The molecule has 2 rings (SSSR count). The first kappa shape index (κ1) is 16.5. The molecule has 0 saturated heterocycles. The Morgan fingerprint density at radius 3 is 2.57 bits per heavy atom. The van der Waals surface area contributed by atoms with E-state index in [0.717, 1.165) is 18.2 Å². The van der Waals surface area contributed by atoms with Gasteiger partial charge < -0.3 is 15.2 Å². The van der Waals surface area contributed by atoms with Crippen LogP contribution in [0.4, 0.5) is 13.2 Å². The van der Waals surface area contributed by atoms with Gasteiger partial charge in [0.25, 0.3) is 5.91 Å². The quantitative estimate of drug-likeness (QED) is 0.878. The number of carbonyl (C=O) groups excluding carboxylic acids is 1. The molecule has 1 aromatic carbocycles. The van der Waals surface area contributed by atoms with Crippen LogP contribution in [0.3, 0.4) is 0 Å². The summed E-state index contributed by atoms with van der Waals surface area (Å²) in [6.45, 7) is -1.48. The van der Waals surface area contributed by atoms with Crippen molar-refractivity contribution in [1.82, 2.24) is 15.3 Å². The van der Waals surface area contributed by atoms with Gasteiger partial charge >= 0.3 is 6.18 Å². The van der Waals surface area contributed by atoms with Crippen LogP contribution < -0.4 is 10.1 Å². The van der Waals surface area contributed by atoms with Gasteiger partial charge in [-0.1, -0.05) is 0 Å². The number of alkyl halides is 3. The number of aromatic hydroxyl groups is 1. The summed E-state index contributed by atoms with van der Waals surface area (Å²) >= 11 is 0. The number of nitrogens with one attached hydrogen (secondary N) is 1. The highest BCUT2D eigenvalue weighted by atomic mass is 19.4. The molecule has 2 aromatic rings. The molecule has 0 radical (unpaired) electrons. The zero-order valence-electron chi connectivity index (χ0n) is 11.7. The van der Waals surface area contributed by atoms with Crippen molar-refractivity contribution >= 4 is 5.91 Å². The predicted octanol–water partition coefficient (Wildman–Crippen LogP) is 2.05. The highest BCUT2D eigenvalue weighted by Gasteiger charge is 2.28. The lowest BCUT2D eigenvalue weighted by molar-refractivity contribution is -0.153. The van der Waals surface area contributed by atoms with Gasteiger partial charge in [0.15, 0.2) is 6.61 Å². The van der Waals surface area contributed by atoms with Crippen LogP contribution in [0.1, 0.15) is 16.2 Å². The van der Waals surface area contributed by atoms with E-state index in [1.807, 2.05) is 0 Å². The number of phenols is 1. The van der Waals surface area contributed by atoms with Crippen molar-refractivity contribution in [3.63, 3.8) is 0 Å². The van der Waals surface area contributed by atoms with Crippen LogP contribution in [0.2, 0.25) is 0 Å². The molecule has 6 nitrogen and oxygen atoms in total. The van der Waals surface area contributed by atoms with Gasteiger partial charge in [-0.15, -0.1) is 0 Å². The van der Waals surface area contributed by atoms with Crippen LogP contribution in [0.5, 0.6) is 11.5 Å². The minimum Gasteiger partial charge on any atom is -0.508 e. The standard InChI is InChI=1S/C14H12F3N3O3/c15-14(16,17)8-23-11-5-9(4-10(21)6-11)13(22)20-7-12-18-2-1-3-19-12/h1-6,21H,7-8H2,(H,20,22). The summed E-state index contributed by atoms with van der Waals surface area (Å²) in [6, 6.07) is 4.82. The number of aromatic nitrogens is 2. The molecule has 0 aliphatic carbocycles. The van der Waals surface area contributed by atoms with Gasteiger partial charge in [0.2, 0.25) is 0 Å². The monoisotopic (exact) mass is 327 g/mol. The minimum absolute atomic E-state index is 0.0358.